The fraction of sp³-hybridized carbons (Fsp3) is 0.500. The molecule has 0 aliphatic carbocycles. The Hall–Kier alpha value is -1.60. The average molecular weight is 314 g/mol. The van der Waals surface area contributed by atoms with Crippen molar-refractivity contribution in [1.82, 2.24) is 5.32 Å². The zero-order chi connectivity index (χ0) is 16.4. The first-order valence-electron chi connectivity index (χ1n) is 6.63. The lowest BCUT2D eigenvalue weighted by atomic mass is 10.1. The second kappa shape index (κ2) is 6.44. The van der Waals surface area contributed by atoms with Gasteiger partial charge in [0.1, 0.15) is 5.75 Å². The quantitative estimate of drug-likeness (QED) is 0.854. The molecule has 1 amide bonds. The molecule has 1 unspecified atom stereocenters. The van der Waals surface area contributed by atoms with Crippen LogP contribution in [0.1, 0.15) is 31.9 Å². The summed E-state index contributed by atoms with van der Waals surface area (Å²) in [5.74, 6) is 0.208. The summed E-state index contributed by atoms with van der Waals surface area (Å²) in [6.07, 6.45) is -0.675. The van der Waals surface area contributed by atoms with Crippen molar-refractivity contribution in [3.05, 3.63) is 23.3 Å². The van der Waals surface area contributed by atoms with Crippen molar-refractivity contribution in [2.45, 2.75) is 51.7 Å². The monoisotopic (exact) mass is 314 g/mol. The molecule has 1 rings (SSSR count). The van der Waals surface area contributed by atoms with Crippen LogP contribution in [0.3, 0.4) is 0 Å². The molecule has 0 aliphatic heterocycles. The largest absolute Gasteiger partial charge is 0.481 e. The number of benzene rings is 1. The number of primary sulfonamides is 1. The Kier molecular flexibility index (Phi) is 5.36. The van der Waals surface area contributed by atoms with Crippen molar-refractivity contribution in [2.24, 2.45) is 5.14 Å². The molecule has 1 aromatic carbocycles. The summed E-state index contributed by atoms with van der Waals surface area (Å²) in [5, 5.41) is 7.93. The third-order valence-corrected chi connectivity index (χ3v) is 4.04. The molecule has 0 spiro atoms. The molecular formula is C14H22N2O4S. The van der Waals surface area contributed by atoms with Crippen LogP contribution in [0, 0.1) is 13.8 Å². The highest BCUT2D eigenvalue weighted by atomic mass is 32.2. The highest BCUT2D eigenvalue weighted by Gasteiger charge is 2.19. The zero-order valence-corrected chi connectivity index (χ0v) is 13.7. The first-order valence-corrected chi connectivity index (χ1v) is 8.18. The SMILES string of the molecule is Cc1cc(OC(C)C(=O)NC(C)C)cc(C)c1S(N)(=O)=O. The van der Waals surface area contributed by atoms with Crippen molar-refractivity contribution in [1.29, 1.82) is 0 Å². The molecule has 0 fully saturated rings. The Labute approximate surface area is 125 Å². The van der Waals surface area contributed by atoms with Crippen molar-refractivity contribution in [3.63, 3.8) is 0 Å². The van der Waals surface area contributed by atoms with Gasteiger partial charge in [0.15, 0.2) is 6.10 Å². The van der Waals surface area contributed by atoms with Crippen LogP contribution in [0.5, 0.6) is 5.75 Å². The molecule has 3 N–H and O–H groups in total. The number of aryl methyl sites for hydroxylation is 2. The van der Waals surface area contributed by atoms with E-state index in [4.69, 9.17) is 9.88 Å². The average Bonchev–Trinajstić information content (AvgIpc) is 2.24. The molecule has 0 saturated heterocycles. The van der Waals surface area contributed by atoms with E-state index < -0.39 is 16.1 Å². The summed E-state index contributed by atoms with van der Waals surface area (Å²) >= 11 is 0. The number of nitrogens with two attached hydrogens (primary N) is 1. The second-order valence-electron chi connectivity index (χ2n) is 5.35. The van der Waals surface area contributed by atoms with Crippen LogP contribution in [-0.4, -0.2) is 26.5 Å². The van der Waals surface area contributed by atoms with Crippen LogP contribution < -0.4 is 15.2 Å². The minimum Gasteiger partial charge on any atom is -0.481 e. The maximum atomic E-state index is 11.8. The molecule has 1 aromatic rings. The zero-order valence-electron chi connectivity index (χ0n) is 12.9. The predicted octanol–water partition coefficient (Wildman–Crippen LogP) is 1.24. The number of sulfonamides is 1. The Balaban J connectivity index is 3.00. The molecule has 0 aliphatic rings. The fourth-order valence-corrected chi connectivity index (χ4v) is 3.10. The van der Waals surface area contributed by atoms with E-state index in [1.807, 2.05) is 13.8 Å². The van der Waals surface area contributed by atoms with Gasteiger partial charge < -0.3 is 10.1 Å². The summed E-state index contributed by atoms with van der Waals surface area (Å²) in [6.45, 7) is 8.63. The van der Waals surface area contributed by atoms with E-state index >= 15 is 0 Å². The Morgan fingerprint density at radius 1 is 1.19 bits per heavy atom. The van der Waals surface area contributed by atoms with Crippen LogP contribution in [0.25, 0.3) is 0 Å². The molecule has 0 radical (unpaired) electrons. The van der Waals surface area contributed by atoms with E-state index in [-0.39, 0.29) is 16.8 Å². The Morgan fingerprint density at radius 3 is 2.05 bits per heavy atom. The maximum Gasteiger partial charge on any atom is 0.260 e. The molecule has 0 saturated carbocycles. The van der Waals surface area contributed by atoms with Gasteiger partial charge in [0.25, 0.3) is 5.91 Å². The van der Waals surface area contributed by atoms with Gasteiger partial charge in [0.05, 0.1) is 4.90 Å². The van der Waals surface area contributed by atoms with E-state index in [1.54, 1.807) is 32.9 Å². The second-order valence-corrected chi connectivity index (χ2v) is 6.85. The molecule has 0 bridgehead atoms. The first-order chi connectivity index (χ1) is 9.52. The van der Waals surface area contributed by atoms with Gasteiger partial charge in [-0.3, -0.25) is 4.79 Å². The number of amides is 1. The maximum absolute atomic E-state index is 11.8. The first kappa shape index (κ1) is 17.5. The summed E-state index contributed by atoms with van der Waals surface area (Å²) in [6, 6.07) is 3.15. The lowest BCUT2D eigenvalue weighted by molar-refractivity contribution is -0.127. The number of carbonyl (C=O) groups is 1. The van der Waals surface area contributed by atoms with Crippen LogP contribution in [0.2, 0.25) is 0 Å². The number of carbonyl (C=O) groups excluding carboxylic acids is 1. The van der Waals surface area contributed by atoms with Crippen molar-refractivity contribution < 1.29 is 17.9 Å². The molecule has 21 heavy (non-hydrogen) atoms. The van der Waals surface area contributed by atoms with E-state index in [0.717, 1.165) is 0 Å². The molecule has 6 nitrogen and oxygen atoms in total. The smallest absolute Gasteiger partial charge is 0.260 e. The Bertz CT molecular complexity index is 615. The minimum absolute atomic E-state index is 0.0248. The van der Waals surface area contributed by atoms with E-state index in [1.165, 1.54) is 0 Å². The number of rotatable bonds is 5. The molecule has 7 heteroatoms. The van der Waals surface area contributed by atoms with Crippen LogP contribution >= 0.6 is 0 Å². The van der Waals surface area contributed by atoms with E-state index in [9.17, 15) is 13.2 Å². The summed E-state index contributed by atoms with van der Waals surface area (Å²) in [5.41, 5.74) is 0.980. The van der Waals surface area contributed by atoms with E-state index in [2.05, 4.69) is 5.32 Å². The van der Waals surface area contributed by atoms with Crippen LogP contribution in [0.15, 0.2) is 17.0 Å². The Morgan fingerprint density at radius 2 is 1.67 bits per heavy atom. The summed E-state index contributed by atoms with van der Waals surface area (Å²) in [7, 11) is -3.78. The molecule has 0 heterocycles. The number of nitrogens with one attached hydrogen (secondary N) is 1. The van der Waals surface area contributed by atoms with Crippen LogP contribution in [0.4, 0.5) is 0 Å². The third-order valence-electron chi connectivity index (χ3n) is 2.83. The van der Waals surface area contributed by atoms with Gasteiger partial charge in [-0.25, -0.2) is 13.6 Å². The lowest BCUT2D eigenvalue weighted by Crippen LogP contribution is -2.40. The lowest BCUT2D eigenvalue weighted by Gasteiger charge is -2.18. The molecular weight excluding hydrogens is 292 g/mol. The predicted molar refractivity (Wildman–Crippen MR) is 80.7 cm³/mol. The van der Waals surface area contributed by atoms with Gasteiger partial charge in [-0.2, -0.15) is 0 Å². The third kappa shape index (κ3) is 4.71. The van der Waals surface area contributed by atoms with Crippen molar-refractivity contribution in [2.75, 3.05) is 0 Å². The highest BCUT2D eigenvalue weighted by molar-refractivity contribution is 7.89. The van der Waals surface area contributed by atoms with Gasteiger partial charge >= 0.3 is 0 Å². The van der Waals surface area contributed by atoms with Crippen molar-refractivity contribution >= 4 is 15.9 Å². The molecule has 118 valence electrons. The van der Waals surface area contributed by atoms with Gasteiger partial charge in [0, 0.05) is 6.04 Å². The number of hydrogen-bond donors (Lipinski definition) is 2. The van der Waals surface area contributed by atoms with Gasteiger partial charge in [-0.05, 0) is 57.9 Å². The van der Waals surface area contributed by atoms with Gasteiger partial charge in [0.2, 0.25) is 10.0 Å². The molecule has 0 aromatic heterocycles. The minimum atomic E-state index is -3.78. The standard InChI is InChI=1S/C14H22N2O4S/c1-8(2)16-14(17)11(5)20-12-6-9(3)13(10(4)7-12)21(15,18)19/h6-8,11H,1-5H3,(H,16,17)(H2,15,18,19). The normalized spacial score (nSPS) is 13.1. The summed E-state index contributed by atoms with van der Waals surface area (Å²) < 4.78 is 28.6. The van der Waals surface area contributed by atoms with Crippen molar-refractivity contribution in [3.8, 4) is 5.75 Å². The van der Waals surface area contributed by atoms with Crippen LogP contribution in [-0.2, 0) is 14.8 Å². The summed E-state index contributed by atoms with van der Waals surface area (Å²) in [4.78, 5) is 11.9. The number of hydrogen-bond acceptors (Lipinski definition) is 4. The highest BCUT2D eigenvalue weighted by Crippen LogP contribution is 2.25. The molecule has 1 atom stereocenters. The van der Waals surface area contributed by atoms with Gasteiger partial charge in [-0.15, -0.1) is 0 Å². The van der Waals surface area contributed by atoms with Gasteiger partial charge in [-0.1, -0.05) is 0 Å². The van der Waals surface area contributed by atoms with E-state index in [0.29, 0.717) is 16.9 Å². The number of ether oxygens (including phenoxy) is 1. The fourth-order valence-electron chi connectivity index (χ4n) is 2.09. The topological polar surface area (TPSA) is 98.5 Å².